The molecule has 0 saturated carbocycles. The Morgan fingerprint density at radius 2 is 0.593 bits per heavy atom. The number of hydrogen-bond donors (Lipinski definition) is 1. The van der Waals surface area contributed by atoms with Crippen molar-refractivity contribution in [2.45, 2.75) is 136 Å². The van der Waals surface area contributed by atoms with Gasteiger partial charge in [0.25, 0.3) is 0 Å². The summed E-state index contributed by atoms with van der Waals surface area (Å²) in [6.07, 6.45) is 31.2. The molecule has 2 heteroatoms. The summed E-state index contributed by atoms with van der Waals surface area (Å²) in [5.74, 6) is 0. The van der Waals surface area contributed by atoms with Gasteiger partial charge in [0.1, 0.15) is 0 Å². The molecule has 0 aromatic heterocycles. The van der Waals surface area contributed by atoms with Gasteiger partial charge in [-0.25, -0.2) is 0 Å². The van der Waals surface area contributed by atoms with Crippen LogP contribution in [0.2, 0.25) is 0 Å². The van der Waals surface area contributed by atoms with Crippen LogP contribution in [0.4, 0.5) is 0 Å². The highest BCUT2D eigenvalue weighted by Gasteiger charge is 2.07. The van der Waals surface area contributed by atoms with Gasteiger partial charge in [-0.1, -0.05) is 117 Å². The van der Waals surface area contributed by atoms with Crippen molar-refractivity contribution in [1.82, 2.24) is 0 Å². The maximum atomic E-state index is 4.50. The summed E-state index contributed by atoms with van der Waals surface area (Å²) >= 11 is 0. The van der Waals surface area contributed by atoms with Crippen LogP contribution in [0.3, 0.4) is 0 Å². The Kier molecular flexibility index (Phi) is 31.3. The number of unbranched alkanes of at least 4 members (excludes halogenated alkanes) is 15. The molecule has 0 radical (unpaired) electrons. The van der Waals surface area contributed by atoms with Crippen LogP contribution in [0.15, 0.2) is 0 Å². The molecule has 0 heterocycles. The zero-order chi connectivity index (χ0) is 20.4. The molecule has 0 spiro atoms. The lowest BCUT2D eigenvalue weighted by atomic mass is 10.1. The van der Waals surface area contributed by atoms with E-state index in [0.29, 0.717) is 7.92 Å². The van der Waals surface area contributed by atoms with Gasteiger partial charge in [0.05, 0.1) is 0 Å². The van der Waals surface area contributed by atoms with Gasteiger partial charge >= 0.3 is 0 Å². The van der Waals surface area contributed by atoms with Crippen LogP contribution in [0.1, 0.15) is 136 Å². The summed E-state index contributed by atoms with van der Waals surface area (Å²) in [6, 6.07) is 0. The Bertz CT molecular complexity index is 194. The molecule has 0 saturated heterocycles. The smallest absolute Gasteiger partial charge is 0.0195 e. The summed E-state index contributed by atoms with van der Waals surface area (Å²) in [5, 5.41) is 0. The fraction of sp³-hybridized carbons (Fsp3) is 1.00. The lowest BCUT2D eigenvalue weighted by Gasteiger charge is -2.18. The highest BCUT2D eigenvalue weighted by atomic mass is 31.1. The minimum absolute atomic E-state index is 0.366. The molecule has 27 heavy (non-hydrogen) atoms. The van der Waals surface area contributed by atoms with Gasteiger partial charge in [0.15, 0.2) is 0 Å². The minimum atomic E-state index is 0.366. The number of hydrogen-bond acceptors (Lipinski definition) is 1. The van der Waals surface area contributed by atoms with E-state index in [4.69, 9.17) is 0 Å². The van der Waals surface area contributed by atoms with Gasteiger partial charge in [-0.15, -0.1) is 7.92 Å². The quantitative estimate of drug-likeness (QED) is 0.150. The van der Waals surface area contributed by atoms with Crippen molar-refractivity contribution in [3.05, 3.63) is 0 Å². The molecular formula is C25H56NP. The molecule has 0 atom stereocenters. The zero-order valence-corrected chi connectivity index (χ0v) is 20.8. The van der Waals surface area contributed by atoms with E-state index in [9.17, 15) is 0 Å². The highest BCUT2D eigenvalue weighted by molar-refractivity contribution is 7.57. The maximum absolute atomic E-state index is 4.50. The topological polar surface area (TPSA) is 26.0 Å². The normalized spacial score (nSPS) is 10.9. The summed E-state index contributed by atoms with van der Waals surface area (Å²) in [7, 11) is 1.87. The van der Waals surface area contributed by atoms with Gasteiger partial charge < -0.3 is 5.73 Å². The fourth-order valence-electron chi connectivity index (χ4n) is 3.68. The predicted octanol–water partition coefficient (Wildman–Crippen LogP) is 9.12. The first kappa shape index (κ1) is 29.6. The van der Waals surface area contributed by atoms with E-state index in [1.165, 1.54) is 123 Å². The largest absolute Gasteiger partial charge is 0.333 e. The van der Waals surface area contributed by atoms with Crippen LogP contribution in [-0.4, -0.2) is 25.5 Å². The second-order valence-electron chi connectivity index (χ2n) is 8.14. The first-order chi connectivity index (χ1) is 13.3. The monoisotopic (exact) mass is 401 g/mol. The zero-order valence-electron chi connectivity index (χ0n) is 19.9. The van der Waals surface area contributed by atoms with Crippen LogP contribution in [-0.2, 0) is 0 Å². The van der Waals surface area contributed by atoms with E-state index in [2.05, 4.69) is 26.5 Å². The lowest BCUT2D eigenvalue weighted by Crippen LogP contribution is -1.97. The van der Waals surface area contributed by atoms with Crippen LogP contribution < -0.4 is 5.73 Å². The average Bonchev–Trinajstić information content (AvgIpc) is 2.70. The van der Waals surface area contributed by atoms with E-state index in [1.807, 2.05) is 0 Å². The van der Waals surface area contributed by atoms with E-state index >= 15 is 0 Å². The van der Waals surface area contributed by atoms with Crippen molar-refractivity contribution in [2.24, 2.45) is 5.73 Å². The molecule has 0 rings (SSSR count). The molecule has 0 aliphatic rings. The Morgan fingerprint density at radius 1 is 0.370 bits per heavy atom. The Labute approximate surface area is 175 Å². The van der Waals surface area contributed by atoms with Gasteiger partial charge in [-0.05, 0) is 44.8 Å². The standard InChI is InChI=1S/C24H51P.CH5N/c1-4-7-10-13-16-19-22-25(23-20-17-14-11-8-5-2)24-21-18-15-12-9-6-3;1-2/h4-24H2,1-3H3;2H2,1H3. The molecule has 0 fully saturated rings. The molecule has 0 unspecified atom stereocenters. The van der Waals surface area contributed by atoms with E-state index < -0.39 is 0 Å². The van der Waals surface area contributed by atoms with E-state index in [-0.39, 0.29) is 0 Å². The van der Waals surface area contributed by atoms with Gasteiger partial charge in [-0.3, -0.25) is 0 Å². The van der Waals surface area contributed by atoms with Gasteiger partial charge in [0, 0.05) is 0 Å². The average molecular weight is 402 g/mol. The van der Waals surface area contributed by atoms with Gasteiger partial charge in [0.2, 0.25) is 0 Å². The molecule has 0 bridgehead atoms. The molecule has 0 aromatic rings. The van der Waals surface area contributed by atoms with Crippen molar-refractivity contribution in [2.75, 3.05) is 25.5 Å². The first-order valence-electron chi connectivity index (χ1n) is 12.6. The Hall–Kier alpha value is 0.390. The Balaban J connectivity index is 0. The van der Waals surface area contributed by atoms with Crippen molar-refractivity contribution >= 4 is 7.92 Å². The lowest BCUT2D eigenvalue weighted by molar-refractivity contribution is 0.617. The van der Waals surface area contributed by atoms with Crippen LogP contribution in [0.25, 0.3) is 0 Å². The van der Waals surface area contributed by atoms with Crippen molar-refractivity contribution in [3.63, 3.8) is 0 Å². The van der Waals surface area contributed by atoms with E-state index in [1.54, 1.807) is 18.5 Å². The minimum Gasteiger partial charge on any atom is -0.333 e. The molecule has 0 aliphatic heterocycles. The molecule has 166 valence electrons. The maximum Gasteiger partial charge on any atom is -0.0195 e. The molecule has 0 aliphatic carbocycles. The van der Waals surface area contributed by atoms with Crippen molar-refractivity contribution < 1.29 is 0 Å². The summed E-state index contributed by atoms with van der Waals surface area (Å²) in [6.45, 7) is 6.96. The van der Waals surface area contributed by atoms with Crippen LogP contribution in [0.5, 0.6) is 0 Å². The number of rotatable bonds is 21. The third-order valence-corrected chi connectivity index (χ3v) is 8.33. The molecular weight excluding hydrogens is 345 g/mol. The summed E-state index contributed by atoms with van der Waals surface area (Å²) in [5.41, 5.74) is 4.50. The third-order valence-electron chi connectivity index (χ3n) is 5.48. The third kappa shape index (κ3) is 26.4. The summed E-state index contributed by atoms with van der Waals surface area (Å²) in [4.78, 5) is 0. The van der Waals surface area contributed by atoms with Crippen molar-refractivity contribution in [1.29, 1.82) is 0 Å². The Morgan fingerprint density at radius 3 is 0.852 bits per heavy atom. The molecule has 1 nitrogen and oxygen atoms in total. The highest BCUT2D eigenvalue weighted by Crippen LogP contribution is 2.39. The first-order valence-corrected chi connectivity index (χ1v) is 14.5. The summed E-state index contributed by atoms with van der Waals surface area (Å²) < 4.78 is 0. The molecule has 0 aromatic carbocycles. The number of nitrogens with two attached hydrogens (primary N) is 1. The SMILES string of the molecule is CCCCCCCCP(CCCCCCCC)CCCCCCCC.CN. The van der Waals surface area contributed by atoms with Crippen molar-refractivity contribution in [3.8, 4) is 0 Å². The fourth-order valence-corrected chi connectivity index (χ4v) is 6.37. The van der Waals surface area contributed by atoms with Crippen LogP contribution in [0, 0.1) is 0 Å². The van der Waals surface area contributed by atoms with Crippen LogP contribution >= 0.6 is 7.92 Å². The van der Waals surface area contributed by atoms with Gasteiger partial charge in [-0.2, -0.15) is 0 Å². The predicted molar refractivity (Wildman–Crippen MR) is 132 cm³/mol. The second kappa shape index (κ2) is 28.6. The molecule has 2 N–H and O–H groups in total. The van der Waals surface area contributed by atoms with E-state index in [0.717, 1.165) is 0 Å². The second-order valence-corrected chi connectivity index (χ2v) is 10.8. The molecule has 0 amide bonds.